The van der Waals surface area contributed by atoms with Crippen LogP contribution >= 0.6 is 11.6 Å². The summed E-state index contributed by atoms with van der Waals surface area (Å²) in [5, 5.41) is 12.7. The van der Waals surface area contributed by atoms with Crippen LogP contribution in [0.3, 0.4) is 0 Å². The van der Waals surface area contributed by atoms with Crippen molar-refractivity contribution in [3.63, 3.8) is 0 Å². The van der Waals surface area contributed by atoms with Crippen LogP contribution < -0.4 is 0 Å². The Bertz CT molecular complexity index is 605. The highest BCUT2D eigenvalue weighted by molar-refractivity contribution is 6.30. The Morgan fingerprint density at radius 2 is 1.89 bits per heavy atom. The summed E-state index contributed by atoms with van der Waals surface area (Å²) in [6.07, 6.45) is 0. The molecule has 3 nitrogen and oxygen atoms in total. The molecule has 0 aliphatic heterocycles. The van der Waals surface area contributed by atoms with E-state index >= 15 is 0 Å². The van der Waals surface area contributed by atoms with Crippen LogP contribution in [0.2, 0.25) is 5.02 Å². The molecule has 0 amide bonds. The van der Waals surface area contributed by atoms with Gasteiger partial charge in [-0.1, -0.05) is 41.9 Å². The first-order chi connectivity index (χ1) is 8.76. The number of rotatable bonds is 3. The van der Waals surface area contributed by atoms with Crippen molar-refractivity contribution in [1.29, 1.82) is 5.26 Å². The second-order valence-electron chi connectivity index (χ2n) is 3.77. The maximum atomic E-state index is 10.8. The minimum absolute atomic E-state index is 0.245. The van der Waals surface area contributed by atoms with Gasteiger partial charge in [0.2, 0.25) is 0 Å². The fourth-order valence-corrected chi connectivity index (χ4v) is 1.99. The van der Waals surface area contributed by atoms with Crippen molar-refractivity contribution >= 4 is 17.3 Å². The average molecular weight is 257 g/mol. The van der Waals surface area contributed by atoms with Crippen LogP contribution in [0.1, 0.15) is 17.0 Å². The smallest absolute Gasteiger partial charge is 0.112 e. The molecule has 0 aliphatic carbocycles. The Labute approximate surface area is 110 Å². The molecule has 2 rings (SSSR count). The summed E-state index contributed by atoms with van der Waals surface area (Å²) in [5.74, 6) is -0.544. The number of halogens is 1. The normalized spacial score (nSPS) is 11.6. The summed E-state index contributed by atoms with van der Waals surface area (Å²) < 4.78 is 0. The second-order valence-corrected chi connectivity index (χ2v) is 4.20. The lowest BCUT2D eigenvalue weighted by atomic mass is 9.91. The van der Waals surface area contributed by atoms with Gasteiger partial charge in [-0.3, -0.25) is 0 Å². The van der Waals surface area contributed by atoms with E-state index in [-0.39, 0.29) is 5.69 Å². The monoisotopic (exact) mass is 256 g/mol. The number of nitroso groups, excluding NO2 is 1. The van der Waals surface area contributed by atoms with Gasteiger partial charge < -0.3 is 0 Å². The van der Waals surface area contributed by atoms with Gasteiger partial charge in [-0.05, 0) is 28.9 Å². The maximum Gasteiger partial charge on any atom is 0.112 e. The van der Waals surface area contributed by atoms with Crippen molar-refractivity contribution in [3.8, 4) is 6.07 Å². The number of hydrogen-bond donors (Lipinski definition) is 0. The Kier molecular flexibility index (Phi) is 3.71. The van der Waals surface area contributed by atoms with Gasteiger partial charge in [-0.2, -0.15) is 5.26 Å². The highest BCUT2D eigenvalue weighted by atomic mass is 35.5. The quantitative estimate of drug-likeness (QED) is 0.765. The molecular formula is C14H9ClN2O. The van der Waals surface area contributed by atoms with Gasteiger partial charge in [0.15, 0.2) is 0 Å². The Morgan fingerprint density at radius 3 is 2.50 bits per heavy atom. The van der Waals surface area contributed by atoms with Crippen LogP contribution in [0.4, 0.5) is 5.69 Å². The van der Waals surface area contributed by atoms with Gasteiger partial charge in [0.05, 0.1) is 12.0 Å². The van der Waals surface area contributed by atoms with E-state index in [9.17, 15) is 10.2 Å². The van der Waals surface area contributed by atoms with E-state index in [1.54, 1.807) is 12.1 Å². The van der Waals surface area contributed by atoms with E-state index in [0.717, 1.165) is 5.56 Å². The average Bonchev–Trinajstić information content (AvgIpc) is 2.41. The van der Waals surface area contributed by atoms with Crippen molar-refractivity contribution in [1.82, 2.24) is 0 Å². The molecule has 0 saturated carbocycles. The molecule has 1 unspecified atom stereocenters. The minimum Gasteiger partial charge on any atom is -0.197 e. The third kappa shape index (κ3) is 2.39. The summed E-state index contributed by atoms with van der Waals surface area (Å²) in [6, 6.07) is 16.1. The summed E-state index contributed by atoms with van der Waals surface area (Å²) in [5.41, 5.74) is 1.59. The van der Waals surface area contributed by atoms with Crippen molar-refractivity contribution in [3.05, 3.63) is 69.6 Å². The van der Waals surface area contributed by atoms with Gasteiger partial charge in [0.1, 0.15) is 5.69 Å². The molecule has 0 heterocycles. The first-order valence-corrected chi connectivity index (χ1v) is 5.71. The van der Waals surface area contributed by atoms with Gasteiger partial charge >= 0.3 is 0 Å². The molecule has 4 heteroatoms. The Balaban J connectivity index is 2.56. The molecule has 0 aliphatic rings. The lowest BCUT2D eigenvalue weighted by Gasteiger charge is -2.11. The van der Waals surface area contributed by atoms with Crippen molar-refractivity contribution in [2.75, 3.05) is 0 Å². The summed E-state index contributed by atoms with van der Waals surface area (Å²) >= 11 is 5.91. The topological polar surface area (TPSA) is 53.2 Å². The predicted molar refractivity (Wildman–Crippen MR) is 70.8 cm³/mol. The third-order valence-corrected chi connectivity index (χ3v) is 2.90. The Morgan fingerprint density at radius 1 is 1.17 bits per heavy atom. The zero-order chi connectivity index (χ0) is 13.0. The van der Waals surface area contributed by atoms with Gasteiger partial charge in [0.25, 0.3) is 0 Å². The molecule has 0 radical (unpaired) electrons. The number of benzene rings is 2. The van der Waals surface area contributed by atoms with Crippen molar-refractivity contribution < 1.29 is 0 Å². The third-order valence-electron chi connectivity index (χ3n) is 2.66. The number of nitriles is 1. The zero-order valence-corrected chi connectivity index (χ0v) is 10.1. The first-order valence-electron chi connectivity index (χ1n) is 5.33. The van der Waals surface area contributed by atoms with E-state index in [1.807, 2.05) is 30.3 Å². The molecule has 0 bridgehead atoms. The fraction of sp³-hybridized carbons (Fsp3) is 0.0714. The molecule has 2 aromatic rings. The molecule has 0 spiro atoms. The number of hydrogen-bond acceptors (Lipinski definition) is 3. The summed E-state index contributed by atoms with van der Waals surface area (Å²) in [4.78, 5) is 10.8. The van der Waals surface area contributed by atoms with Crippen LogP contribution in [0.25, 0.3) is 0 Å². The highest BCUT2D eigenvalue weighted by Crippen LogP contribution is 2.33. The molecule has 1 atom stereocenters. The van der Waals surface area contributed by atoms with E-state index in [4.69, 9.17) is 11.6 Å². The van der Waals surface area contributed by atoms with E-state index in [2.05, 4.69) is 11.2 Å². The van der Waals surface area contributed by atoms with Gasteiger partial charge in [-0.25, -0.2) is 0 Å². The van der Waals surface area contributed by atoms with Gasteiger partial charge in [0, 0.05) is 10.6 Å². The standard InChI is InChI=1S/C14H9ClN2O/c15-11-6-7-14(17-18)12(8-11)13(9-16)10-4-2-1-3-5-10/h1-8,13H. The van der Waals surface area contributed by atoms with E-state index in [0.29, 0.717) is 10.6 Å². The molecule has 0 saturated heterocycles. The molecule has 88 valence electrons. The fourth-order valence-electron chi connectivity index (χ4n) is 1.81. The molecule has 0 N–H and O–H groups in total. The minimum atomic E-state index is -0.544. The molecular weight excluding hydrogens is 248 g/mol. The van der Waals surface area contributed by atoms with Crippen LogP contribution in [-0.4, -0.2) is 0 Å². The molecule has 2 aromatic carbocycles. The number of nitrogens with zero attached hydrogens (tertiary/aromatic N) is 2. The Hall–Kier alpha value is -2.18. The molecule has 0 aromatic heterocycles. The summed E-state index contributed by atoms with van der Waals surface area (Å²) in [6.45, 7) is 0. The van der Waals surface area contributed by atoms with Crippen LogP contribution in [-0.2, 0) is 0 Å². The second kappa shape index (κ2) is 5.44. The lowest BCUT2D eigenvalue weighted by Crippen LogP contribution is -1.98. The van der Waals surface area contributed by atoms with Crippen molar-refractivity contribution in [2.45, 2.75) is 5.92 Å². The SMILES string of the molecule is N#CC(c1ccccc1)c1cc(Cl)ccc1N=O. The zero-order valence-electron chi connectivity index (χ0n) is 9.38. The lowest BCUT2D eigenvalue weighted by molar-refractivity contribution is 1.03. The maximum absolute atomic E-state index is 10.8. The van der Waals surface area contributed by atoms with Crippen LogP contribution in [0.15, 0.2) is 53.7 Å². The molecule has 0 fully saturated rings. The van der Waals surface area contributed by atoms with E-state index in [1.165, 1.54) is 6.07 Å². The largest absolute Gasteiger partial charge is 0.197 e. The predicted octanol–water partition coefficient (Wildman–Crippen LogP) is 4.39. The van der Waals surface area contributed by atoms with Crippen molar-refractivity contribution in [2.24, 2.45) is 5.18 Å². The first kappa shape index (κ1) is 12.3. The van der Waals surface area contributed by atoms with Crippen LogP contribution in [0, 0.1) is 16.2 Å². The molecule has 18 heavy (non-hydrogen) atoms. The highest BCUT2D eigenvalue weighted by Gasteiger charge is 2.18. The summed E-state index contributed by atoms with van der Waals surface area (Å²) in [7, 11) is 0. The van der Waals surface area contributed by atoms with Gasteiger partial charge in [-0.15, -0.1) is 4.91 Å². The van der Waals surface area contributed by atoms with Crippen LogP contribution in [0.5, 0.6) is 0 Å². The van der Waals surface area contributed by atoms with E-state index < -0.39 is 5.92 Å².